The first-order valence-corrected chi connectivity index (χ1v) is 10.4. The van der Waals surface area contributed by atoms with Gasteiger partial charge in [0.05, 0.1) is 19.2 Å². The van der Waals surface area contributed by atoms with Crippen molar-refractivity contribution in [3.05, 3.63) is 63.6 Å². The van der Waals surface area contributed by atoms with E-state index in [1.165, 1.54) is 19.2 Å². The van der Waals surface area contributed by atoms with E-state index in [0.29, 0.717) is 0 Å². The SMILES string of the molecule is COC(=O)c1ccc([C@H](C)NC(=O)[C@H]2CCCN2Cc2cccc(Br)c2)cc1O. The van der Waals surface area contributed by atoms with Gasteiger partial charge in [-0.2, -0.15) is 0 Å². The summed E-state index contributed by atoms with van der Waals surface area (Å²) in [6.45, 7) is 3.46. The third-order valence-corrected chi connectivity index (χ3v) is 5.72. The number of hydrogen-bond acceptors (Lipinski definition) is 5. The van der Waals surface area contributed by atoms with Crippen LogP contribution in [0.3, 0.4) is 0 Å². The molecule has 7 heteroatoms. The quantitative estimate of drug-likeness (QED) is 0.641. The van der Waals surface area contributed by atoms with E-state index < -0.39 is 5.97 Å². The van der Waals surface area contributed by atoms with Gasteiger partial charge in [-0.05, 0) is 61.7 Å². The van der Waals surface area contributed by atoms with Gasteiger partial charge < -0.3 is 15.2 Å². The first kappa shape index (κ1) is 21.3. The fraction of sp³-hybridized carbons (Fsp3) is 0.364. The van der Waals surface area contributed by atoms with Crippen molar-refractivity contribution in [2.24, 2.45) is 0 Å². The predicted octanol–water partition coefficient (Wildman–Crippen LogP) is 3.78. The number of carbonyl (C=O) groups excluding carboxylic acids is 2. The molecule has 1 amide bonds. The Morgan fingerprint density at radius 2 is 2.10 bits per heavy atom. The normalized spacial score (nSPS) is 17.7. The Bertz CT molecular complexity index is 902. The highest BCUT2D eigenvalue weighted by atomic mass is 79.9. The van der Waals surface area contributed by atoms with Crippen molar-refractivity contribution in [2.45, 2.75) is 38.4 Å². The number of methoxy groups -OCH3 is 1. The Hall–Kier alpha value is -2.38. The van der Waals surface area contributed by atoms with Crippen LogP contribution in [0.25, 0.3) is 0 Å². The van der Waals surface area contributed by atoms with E-state index in [-0.39, 0.29) is 29.3 Å². The molecule has 1 aliphatic rings. The number of esters is 1. The number of benzene rings is 2. The highest BCUT2D eigenvalue weighted by molar-refractivity contribution is 9.10. The first-order valence-electron chi connectivity index (χ1n) is 9.59. The molecular formula is C22H25BrN2O4. The second kappa shape index (κ2) is 9.41. The van der Waals surface area contributed by atoms with Crippen molar-refractivity contribution < 1.29 is 19.4 Å². The third-order valence-electron chi connectivity index (χ3n) is 5.23. The lowest BCUT2D eigenvalue weighted by molar-refractivity contribution is -0.126. The summed E-state index contributed by atoms with van der Waals surface area (Å²) in [7, 11) is 1.26. The van der Waals surface area contributed by atoms with E-state index in [1.807, 2.05) is 19.1 Å². The smallest absolute Gasteiger partial charge is 0.341 e. The second-order valence-electron chi connectivity index (χ2n) is 7.26. The summed E-state index contributed by atoms with van der Waals surface area (Å²) < 4.78 is 5.67. The van der Waals surface area contributed by atoms with Crippen LogP contribution in [0.2, 0.25) is 0 Å². The van der Waals surface area contributed by atoms with Crippen molar-refractivity contribution in [3.63, 3.8) is 0 Å². The Morgan fingerprint density at radius 3 is 2.79 bits per heavy atom. The van der Waals surface area contributed by atoms with Gasteiger partial charge in [-0.1, -0.05) is 34.1 Å². The van der Waals surface area contributed by atoms with Gasteiger partial charge in [0.2, 0.25) is 5.91 Å². The van der Waals surface area contributed by atoms with Gasteiger partial charge in [-0.25, -0.2) is 4.79 Å². The summed E-state index contributed by atoms with van der Waals surface area (Å²) >= 11 is 3.49. The molecule has 0 spiro atoms. The van der Waals surface area contributed by atoms with Crippen LogP contribution < -0.4 is 5.32 Å². The minimum atomic E-state index is -0.597. The maximum Gasteiger partial charge on any atom is 0.341 e. The van der Waals surface area contributed by atoms with E-state index in [2.05, 4.69) is 43.0 Å². The molecule has 3 rings (SSSR count). The molecule has 1 saturated heterocycles. The highest BCUT2D eigenvalue weighted by Crippen LogP contribution is 2.25. The summed E-state index contributed by atoms with van der Waals surface area (Å²) in [5.41, 5.74) is 1.99. The third kappa shape index (κ3) is 5.16. The number of likely N-dealkylation sites (tertiary alicyclic amines) is 1. The Kier molecular flexibility index (Phi) is 6.92. The zero-order chi connectivity index (χ0) is 21.0. The summed E-state index contributed by atoms with van der Waals surface area (Å²) in [6.07, 6.45) is 1.80. The molecule has 2 aromatic carbocycles. The number of hydrogen-bond donors (Lipinski definition) is 2. The molecule has 29 heavy (non-hydrogen) atoms. The number of amides is 1. The van der Waals surface area contributed by atoms with Gasteiger partial charge in [-0.3, -0.25) is 9.69 Å². The Labute approximate surface area is 179 Å². The summed E-state index contributed by atoms with van der Waals surface area (Å²) in [4.78, 5) is 26.7. The van der Waals surface area contributed by atoms with Crippen molar-refractivity contribution in [2.75, 3.05) is 13.7 Å². The van der Waals surface area contributed by atoms with Crippen LogP contribution in [0.4, 0.5) is 0 Å². The molecule has 1 heterocycles. The highest BCUT2D eigenvalue weighted by Gasteiger charge is 2.31. The molecule has 0 unspecified atom stereocenters. The number of aromatic hydroxyl groups is 1. The predicted molar refractivity (Wildman–Crippen MR) is 114 cm³/mol. The Morgan fingerprint density at radius 1 is 1.31 bits per heavy atom. The molecule has 0 radical (unpaired) electrons. The summed E-state index contributed by atoms with van der Waals surface area (Å²) in [6, 6.07) is 12.3. The largest absolute Gasteiger partial charge is 0.507 e. The van der Waals surface area contributed by atoms with E-state index in [9.17, 15) is 14.7 Å². The average molecular weight is 461 g/mol. The van der Waals surface area contributed by atoms with E-state index in [1.54, 1.807) is 6.07 Å². The van der Waals surface area contributed by atoms with Crippen molar-refractivity contribution in [1.29, 1.82) is 0 Å². The van der Waals surface area contributed by atoms with Gasteiger partial charge in [0.25, 0.3) is 0 Å². The average Bonchev–Trinajstić information content (AvgIpc) is 3.15. The van der Waals surface area contributed by atoms with Crippen LogP contribution in [-0.2, 0) is 16.1 Å². The number of nitrogens with one attached hydrogen (secondary N) is 1. The molecule has 0 saturated carbocycles. The number of phenolic OH excluding ortho intramolecular Hbond substituents is 1. The lowest BCUT2D eigenvalue weighted by atomic mass is 10.0. The molecule has 1 fully saturated rings. The fourth-order valence-electron chi connectivity index (χ4n) is 3.68. The zero-order valence-electron chi connectivity index (χ0n) is 16.5. The molecule has 2 atom stereocenters. The standard InChI is InChI=1S/C22H25BrN2O4/c1-14(16-8-9-18(20(26)12-16)22(28)29-2)24-21(27)19-7-4-10-25(19)13-15-5-3-6-17(23)11-15/h3,5-6,8-9,11-12,14,19,26H,4,7,10,13H2,1-2H3,(H,24,27)/t14-,19+/m0/s1. The van der Waals surface area contributed by atoms with Crippen LogP contribution in [0, 0.1) is 0 Å². The first-order chi connectivity index (χ1) is 13.9. The molecule has 154 valence electrons. The minimum Gasteiger partial charge on any atom is -0.507 e. The molecule has 6 nitrogen and oxygen atoms in total. The van der Waals surface area contributed by atoms with Crippen molar-refractivity contribution >= 4 is 27.8 Å². The molecule has 1 aliphatic heterocycles. The van der Waals surface area contributed by atoms with E-state index >= 15 is 0 Å². The monoisotopic (exact) mass is 460 g/mol. The molecular weight excluding hydrogens is 436 g/mol. The maximum absolute atomic E-state index is 12.9. The van der Waals surface area contributed by atoms with E-state index in [4.69, 9.17) is 0 Å². The Balaban J connectivity index is 1.65. The van der Waals surface area contributed by atoms with Crippen LogP contribution in [0.5, 0.6) is 5.75 Å². The number of ether oxygens (including phenoxy) is 1. The lowest BCUT2D eigenvalue weighted by Gasteiger charge is -2.25. The maximum atomic E-state index is 12.9. The molecule has 0 bridgehead atoms. The van der Waals surface area contributed by atoms with Gasteiger partial charge in [-0.15, -0.1) is 0 Å². The minimum absolute atomic E-state index is 0.0264. The lowest BCUT2D eigenvalue weighted by Crippen LogP contribution is -2.43. The van der Waals surface area contributed by atoms with Crippen LogP contribution >= 0.6 is 15.9 Å². The van der Waals surface area contributed by atoms with Crippen LogP contribution in [0.1, 0.15) is 47.3 Å². The van der Waals surface area contributed by atoms with Gasteiger partial charge in [0.1, 0.15) is 11.3 Å². The van der Waals surface area contributed by atoms with Crippen LogP contribution in [0.15, 0.2) is 46.9 Å². The van der Waals surface area contributed by atoms with Crippen LogP contribution in [-0.4, -0.2) is 41.6 Å². The van der Waals surface area contributed by atoms with Gasteiger partial charge >= 0.3 is 5.97 Å². The molecule has 2 aromatic rings. The van der Waals surface area contributed by atoms with Crippen molar-refractivity contribution in [1.82, 2.24) is 10.2 Å². The van der Waals surface area contributed by atoms with Gasteiger partial charge in [0.15, 0.2) is 0 Å². The molecule has 0 aromatic heterocycles. The zero-order valence-corrected chi connectivity index (χ0v) is 18.1. The summed E-state index contributed by atoms with van der Waals surface area (Å²) in [5.74, 6) is -0.783. The van der Waals surface area contributed by atoms with E-state index in [0.717, 1.165) is 41.5 Å². The fourth-order valence-corrected chi connectivity index (χ4v) is 4.12. The number of phenols is 1. The number of rotatable bonds is 6. The summed E-state index contributed by atoms with van der Waals surface area (Å²) in [5, 5.41) is 13.1. The number of nitrogens with zero attached hydrogens (tertiary/aromatic N) is 1. The molecule has 2 N–H and O–H groups in total. The number of carbonyl (C=O) groups is 2. The molecule has 0 aliphatic carbocycles. The van der Waals surface area contributed by atoms with Gasteiger partial charge in [0, 0.05) is 11.0 Å². The second-order valence-corrected chi connectivity index (χ2v) is 8.17. The number of halogens is 1. The van der Waals surface area contributed by atoms with Crippen molar-refractivity contribution in [3.8, 4) is 5.75 Å². The topological polar surface area (TPSA) is 78.9 Å².